The van der Waals surface area contributed by atoms with Crippen LogP contribution in [-0.2, 0) is 6.61 Å². The zero-order valence-electron chi connectivity index (χ0n) is 19.1. The van der Waals surface area contributed by atoms with E-state index in [0.717, 1.165) is 69.3 Å². The van der Waals surface area contributed by atoms with Gasteiger partial charge in [0.15, 0.2) is 0 Å². The monoisotopic (exact) mass is 514 g/mol. The summed E-state index contributed by atoms with van der Waals surface area (Å²) in [5, 5.41) is 12.3. The Morgan fingerprint density at radius 3 is 2.45 bits per heavy atom. The van der Waals surface area contributed by atoms with E-state index >= 15 is 0 Å². The first-order valence-corrected chi connectivity index (χ1v) is 12.1. The van der Waals surface area contributed by atoms with Crippen molar-refractivity contribution >= 4 is 36.4 Å². The summed E-state index contributed by atoms with van der Waals surface area (Å²) < 4.78 is 5.97. The summed E-state index contributed by atoms with van der Waals surface area (Å²) in [6.07, 6.45) is 7.28. The van der Waals surface area contributed by atoms with E-state index in [1.54, 1.807) is 0 Å². The van der Waals surface area contributed by atoms with Gasteiger partial charge in [-0.15, -0.1) is 24.8 Å². The zero-order valence-corrected chi connectivity index (χ0v) is 21.5. The highest BCUT2D eigenvalue weighted by Gasteiger charge is 2.40. The molecule has 3 N–H and O–H groups in total. The van der Waals surface area contributed by atoms with Gasteiger partial charge in [-0.2, -0.15) is 0 Å². The molecule has 7 heteroatoms. The van der Waals surface area contributed by atoms with Crippen molar-refractivity contribution in [3.63, 3.8) is 0 Å². The maximum Gasteiger partial charge on any atom is 0.138 e. The van der Waals surface area contributed by atoms with Crippen LogP contribution in [0.2, 0.25) is 5.02 Å². The average Bonchev–Trinajstić information content (AvgIpc) is 2.78. The zero-order chi connectivity index (χ0) is 21.7. The van der Waals surface area contributed by atoms with Crippen LogP contribution in [-0.4, -0.2) is 41.3 Å². The lowest BCUT2D eigenvalue weighted by atomic mass is 9.72. The third kappa shape index (κ3) is 7.48. The van der Waals surface area contributed by atoms with E-state index in [0.29, 0.717) is 17.4 Å². The molecule has 1 heterocycles. The van der Waals surface area contributed by atoms with E-state index in [2.05, 4.69) is 11.0 Å². The number of nitrogens with zero attached hydrogens (tertiary/aromatic N) is 1. The van der Waals surface area contributed by atoms with Crippen LogP contribution in [0.1, 0.15) is 62.0 Å². The molecule has 4 rings (SSSR count). The van der Waals surface area contributed by atoms with Crippen LogP contribution in [0.4, 0.5) is 0 Å². The third-order valence-electron chi connectivity index (χ3n) is 6.95. The summed E-state index contributed by atoms with van der Waals surface area (Å²) in [5.74, 6) is 0.711. The molecule has 2 atom stereocenters. The van der Waals surface area contributed by atoms with Crippen LogP contribution in [0.25, 0.3) is 0 Å². The Morgan fingerprint density at radius 1 is 1.06 bits per heavy atom. The van der Waals surface area contributed by atoms with Crippen molar-refractivity contribution in [3.8, 4) is 5.75 Å². The molecule has 184 valence electrons. The van der Waals surface area contributed by atoms with E-state index < -0.39 is 5.60 Å². The molecule has 0 radical (unpaired) electrons. The first kappa shape index (κ1) is 28.2. The second-order valence-electron chi connectivity index (χ2n) is 9.34. The average molecular weight is 516 g/mol. The summed E-state index contributed by atoms with van der Waals surface area (Å²) in [4.78, 5) is 2.43. The number of ether oxygens (including phenoxy) is 1. The quantitative estimate of drug-likeness (QED) is 0.477. The second kappa shape index (κ2) is 13.2. The molecule has 1 saturated heterocycles. The van der Waals surface area contributed by atoms with Gasteiger partial charge >= 0.3 is 0 Å². The smallest absolute Gasteiger partial charge is 0.138 e. The Balaban J connectivity index is 0.00000193. The molecule has 1 aliphatic carbocycles. The molecule has 0 aromatic heterocycles. The van der Waals surface area contributed by atoms with Gasteiger partial charge in [0.25, 0.3) is 0 Å². The van der Waals surface area contributed by atoms with E-state index in [9.17, 15) is 5.11 Å². The molecule has 0 bridgehead atoms. The van der Waals surface area contributed by atoms with Gasteiger partial charge in [-0.25, -0.2) is 0 Å². The first-order chi connectivity index (χ1) is 15.0. The number of hydrogen-bond donors (Lipinski definition) is 2. The minimum Gasteiger partial charge on any atom is -0.487 e. The Kier molecular flexibility index (Phi) is 11.3. The highest BCUT2D eigenvalue weighted by molar-refractivity contribution is 6.32. The van der Waals surface area contributed by atoms with Crippen molar-refractivity contribution in [2.24, 2.45) is 5.73 Å². The van der Waals surface area contributed by atoms with Crippen LogP contribution in [0.5, 0.6) is 5.75 Å². The maximum absolute atomic E-state index is 11.7. The molecule has 1 unspecified atom stereocenters. The molecule has 2 aromatic rings. The minimum absolute atomic E-state index is 0. The molecular weight excluding hydrogens is 479 g/mol. The number of hydrogen-bond acceptors (Lipinski definition) is 4. The topological polar surface area (TPSA) is 58.7 Å². The number of aliphatic hydroxyl groups is 1. The van der Waals surface area contributed by atoms with Gasteiger partial charge in [0.1, 0.15) is 12.4 Å². The first-order valence-electron chi connectivity index (χ1n) is 11.7. The van der Waals surface area contributed by atoms with E-state index in [4.69, 9.17) is 22.1 Å². The van der Waals surface area contributed by atoms with Crippen molar-refractivity contribution in [1.82, 2.24) is 4.90 Å². The van der Waals surface area contributed by atoms with Crippen LogP contribution < -0.4 is 10.5 Å². The molecule has 2 fully saturated rings. The molecule has 0 amide bonds. The van der Waals surface area contributed by atoms with E-state index in [1.807, 2.05) is 42.5 Å². The molecule has 4 nitrogen and oxygen atoms in total. The normalized spacial score (nSPS) is 21.4. The molecular formula is C26H37Cl3N2O2. The number of piperidine rings is 1. The van der Waals surface area contributed by atoms with Crippen LogP contribution >= 0.6 is 36.4 Å². The molecule has 1 aliphatic heterocycles. The van der Waals surface area contributed by atoms with Crippen molar-refractivity contribution < 1.29 is 9.84 Å². The van der Waals surface area contributed by atoms with Crippen molar-refractivity contribution in [3.05, 3.63) is 64.7 Å². The van der Waals surface area contributed by atoms with Crippen molar-refractivity contribution in [1.29, 1.82) is 0 Å². The summed E-state index contributed by atoms with van der Waals surface area (Å²) in [6, 6.07) is 16.4. The van der Waals surface area contributed by atoms with Crippen LogP contribution in [0, 0.1) is 0 Å². The fourth-order valence-corrected chi connectivity index (χ4v) is 5.44. The van der Waals surface area contributed by atoms with E-state index in [1.165, 1.54) is 6.42 Å². The van der Waals surface area contributed by atoms with Gasteiger partial charge in [-0.3, -0.25) is 0 Å². The lowest BCUT2D eigenvalue weighted by Gasteiger charge is -2.43. The summed E-state index contributed by atoms with van der Waals surface area (Å²) >= 11 is 6.65. The SMILES string of the molecule is Cl.Cl.N[C@@H]1CCCN(CC(c2ccc(OCc3ccccc3)c(Cl)c2)C2(O)CCCCC2)C1. The number of likely N-dealkylation sites (tertiary alicyclic amines) is 1. The predicted molar refractivity (Wildman–Crippen MR) is 141 cm³/mol. The molecule has 2 aliphatic rings. The Morgan fingerprint density at radius 2 is 1.79 bits per heavy atom. The van der Waals surface area contributed by atoms with Gasteiger partial charge in [0.05, 0.1) is 10.6 Å². The van der Waals surface area contributed by atoms with Gasteiger partial charge in [0.2, 0.25) is 0 Å². The lowest BCUT2D eigenvalue weighted by Crippen LogP contribution is -2.49. The summed E-state index contributed by atoms with van der Waals surface area (Å²) in [7, 11) is 0. The largest absolute Gasteiger partial charge is 0.487 e. The van der Waals surface area contributed by atoms with Gasteiger partial charge in [-0.05, 0) is 55.5 Å². The minimum atomic E-state index is -0.685. The lowest BCUT2D eigenvalue weighted by molar-refractivity contribution is -0.0326. The Labute approximate surface area is 215 Å². The number of nitrogens with two attached hydrogens (primary N) is 1. The van der Waals surface area contributed by atoms with Crippen molar-refractivity contribution in [2.75, 3.05) is 19.6 Å². The van der Waals surface area contributed by atoms with E-state index in [-0.39, 0.29) is 36.8 Å². The van der Waals surface area contributed by atoms with Crippen LogP contribution in [0.3, 0.4) is 0 Å². The molecule has 0 spiro atoms. The number of rotatable bonds is 7. The second-order valence-corrected chi connectivity index (χ2v) is 9.75. The van der Waals surface area contributed by atoms with Crippen LogP contribution in [0.15, 0.2) is 48.5 Å². The Bertz CT molecular complexity index is 847. The molecule has 2 aromatic carbocycles. The fourth-order valence-electron chi connectivity index (χ4n) is 5.20. The van der Waals surface area contributed by atoms with Crippen molar-refractivity contribution in [2.45, 2.75) is 69.1 Å². The third-order valence-corrected chi connectivity index (χ3v) is 7.24. The standard InChI is InChI=1S/C26H35ClN2O2.2ClH/c27-24-16-21(11-12-25(24)31-19-20-8-3-1-4-9-20)23(26(30)13-5-2-6-14-26)18-29-15-7-10-22(28)17-29;;/h1,3-4,8-9,11-12,16,22-23,30H,2,5-7,10,13-15,17-19,28H2;2*1H/t22-,23?;;/m1../s1. The maximum atomic E-state index is 11.7. The molecule has 1 saturated carbocycles. The number of halogens is 3. The Hall–Kier alpha value is -1.01. The molecule has 33 heavy (non-hydrogen) atoms. The number of benzene rings is 2. The highest BCUT2D eigenvalue weighted by Crippen LogP contribution is 2.42. The fraction of sp³-hybridized carbons (Fsp3) is 0.538. The van der Waals surface area contributed by atoms with Gasteiger partial charge < -0.3 is 20.5 Å². The van der Waals surface area contributed by atoms with Gasteiger partial charge in [-0.1, -0.05) is 67.3 Å². The predicted octanol–water partition coefficient (Wildman–Crippen LogP) is 5.96. The highest BCUT2D eigenvalue weighted by atomic mass is 35.5. The summed E-state index contributed by atoms with van der Waals surface area (Å²) in [5.41, 5.74) is 7.76. The summed E-state index contributed by atoms with van der Waals surface area (Å²) in [6.45, 7) is 3.26. The van der Waals surface area contributed by atoms with Gasteiger partial charge in [0, 0.05) is 25.0 Å².